The minimum absolute atomic E-state index is 0.125. The maximum Gasteiger partial charge on any atom is 0.408 e. The maximum absolute atomic E-state index is 12.8. The SMILES string of the molecule is COc1nc(N2CCC(N)CC2)nc(-c2ccc(C#N)cc2)c1-c1cnn(CC(F)(F)F)c1. The molecule has 1 aliphatic heterocycles. The van der Waals surface area contributed by atoms with Crippen LogP contribution in [0.3, 0.4) is 0 Å². The van der Waals surface area contributed by atoms with Gasteiger partial charge in [0, 0.05) is 36.5 Å². The van der Waals surface area contributed by atoms with Gasteiger partial charge in [0.1, 0.15) is 6.54 Å². The second-order valence-corrected chi connectivity index (χ2v) is 7.81. The number of rotatable bonds is 5. The topological polar surface area (TPSA) is 106 Å². The number of hydrogen-bond donors (Lipinski definition) is 1. The third-order valence-corrected chi connectivity index (χ3v) is 5.43. The largest absolute Gasteiger partial charge is 0.480 e. The van der Waals surface area contributed by atoms with E-state index >= 15 is 0 Å². The Hall–Kier alpha value is -3.65. The number of hydrogen-bond acceptors (Lipinski definition) is 7. The molecule has 1 aromatic carbocycles. The van der Waals surface area contributed by atoms with Crippen molar-refractivity contribution in [2.75, 3.05) is 25.1 Å². The lowest BCUT2D eigenvalue weighted by Gasteiger charge is -2.30. The van der Waals surface area contributed by atoms with Crippen molar-refractivity contribution < 1.29 is 17.9 Å². The summed E-state index contributed by atoms with van der Waals surface area (Å²) in [6.45, 7) is 0.147. The van der Waals surface area contributed by atoms with Gasteiger partial charge in [0.25, 0.3) is 0 Å². The van der Waals surface area contributed by atoms with Gasteiger partial charge >= 0.3 is 6.18 Å². The van der Waals surface area contributed by atoms with Crippen LogP contribution in [0.2, 0.25) is 0 Å². The molecule has 1 saturated heterocycles. The van der Waals surface area contributed by atoms with E-state index in [0.29, 0.717) is 47.0 Å². The summed E-state index contributed by atoms with van der Waals surface area (Å²) in [5, 5.41) is 13.0. The van der Waals surface area contributed by atoms with Gasteiger partial charge in [-0.3, -0.25) is 4.68 Å². The molecule has 3 aromatic rings. The summed E-state index contributed by atoms with van der Waals surface area (Å²) in [7, 11) is 1.45. The van der Waals surface area contributed by atoms with Crippen molar-refractivity contribution in [3.8, 4) is 34.3 Å². The zero-order valence-electron chi connectivity index (χ0n) is 17.9. The van der Waals surface area contributed by atoms with E-state index in [2.05, 4.69) is 16.2 Å². The number of nitrogens with zero attached hydrogens (tertiary/aromatic N) is 6. The van der Waals surface area contributed by atoms with Crippen LogP contribution in [0.25, 0.3) is 22.4 Å². The second kappa shape index (κ2) is 9.07. The van der Waals surface area contributed by atoms with Crippen molar-refractivity contribution >= 4 is 5.95 Å². The number of anilines is 1. The number of halogens is 3. The van der Waals surface area contributed by atoms with E-state index < -0.39 is 12.7 Å². The molecule has 0 saturated carbocycles. The third-order valence-electron chi connectivity index (χ3n) is 5.43. The number of aromatic nitrogens is 4. The normalized spacial score (nSPS) is 14.8. The lowest BCUT2D eigenvalue weighted by atomic mass is 10.0. The lowest BCUT2D eigenvalue weighted by Crippen LogP contribution is -2.40. The van der Waals surface area contributed by atoms with Crippen LogP contribution in [0.15, 0.2) is 36.7 Å². The van der Waals surface area contributed by atoms with Crippen LogP contribution in [0.4, 0.5) is 19.1 Å². The van der Waals surface area contributed by atoms with Crippen molar-refractivity contribution in [3.05, 3.63) is 42.2 Å². The van der Waals surface area contributed by atoms with Crippen molar-refractivity contribution in [3.63, 3.8) is 0 Å². The van der Waals surface area contributed by atoms with Crippen LogP contribution in [0.5, 0.6) is 5.88 Å². The van der Waals surface area contributed by atoms with Crippen LogP contribution >= 0.6 is 0 Å². The van der Waals surface area contributed by atoms with E-state index in [0.717, 1.165) is 17.5 Å². The van der Waals surface area contributed by atoms with Gasteiger partial charge in [-0.2, -0.15) is 28.5 Å². The lowest BCUT2D eigenvalue weighted by molar-refractivity contribution is -0.142. The van der Waals surface area contributed by atoms with Crippen LogP contribution < -0.4 is 15.4 Å². The highest BCUT2D eigenvalue weighted by Gasteiger charge is 2.29. The first kappa shape index (κ1) is 22.5. The summed E-state index contributed by atoms with van der Waals surface area (Å²) in [6.07, 6.45) is -0.187. The number of nitrogens with two attached hydrogens (primary N) is 1. The first-order valence-corrected chi connectivity index (χ1v) is 10.3. The molecule has 2 N–H and O–H groups in total. The van der Waals surface area contributed by atoms with Crippen LogP contribution in [-0.4, -0.2) is 52.2 Å². The van der Waals surface area contributed by atoms with Gasteiger partial charge in [-0.1, -0.05) is 12.1 Å². The Morgan fingerprint density at radius 2 is 1.85 bits per heavy atom. The van der Waals surface area contributed by atoms with E-state index in [1.54, 1.807) is 24.3 Å². The highest BCUT2D eigenvalue weighted by Crippen LogP contribution is 2.39. The molecule has 1 aliphatic rings. The van der Waals surface area contributed by atoms with Crippen molar-refractivity contribution in [2.45, 2.75) is 31.6 Å². The molecular weight excluding hydrogens is 435 g/mol. The highest BCUT2D eigenvalue weighted by molar-refractivity contribution is 5.84. The molecule has 2 aromatic heterocycles. The van der Waals surface area contributed by atoms with Gasteiger partial charge < -0.3 is 15.4 Å². The molecule has 33 heavy (non-hydrogen) atoms. The standard InChI is InChI=1S/C22H22F3N7O/c1-33-20-18(16-11-28-32(12-16)13-22(23,24)25)19(15-4-2-14(10-26)3-5-15)29-21(30-20)31-8-6-17(27)7-9-31/h2-5,11-12,17H,6-9,13,27H2,1H3. The predicted octanol–water partition coefficient (Wildman–Crippen LogP) is 3.38. The molecule has 8 nitrogen and oxygen atoms in total. The molecule has 0 aliphatic carbocycles. The Morgan fingerprint density at radius 3 is 2.45 bits per heavy atom. The number of nitriles is 1. The highest BCUT2D eigenvalue weighted by atomic mass is 19.4. The summed E-state index contributed by atoms with van der Waals surface area (Å²) < 4.78 is 44.9. The number of piperidine rings is 1. The summed E-state index contributed by atoms with van der Waals surface area (Å²) in [5.74, 6) is 0.672. The van der Waals surface area contributed by atoms with Gasteiger partial charge in [-0.15, -0.1) is 0 Å². The first-order valence-electron chi connectivity index (χ1n) is 10.3. The quantitative estimate of drug-likeness (QED) is 0.626. The summed E-state index contributed by atoms with van der Waals surface area (Å²) in [4.78, 5) is 11.3. The predicted molar refractivity (Wildman–Crippen MR) is 115 cm³/mol. The van der Waals surface area contributed by atoms with Gasteiger partial charge in [-0.25, -0.2) is 4.98 Å². The number of methoxy groups -OCH3 is 1. The van der Waals surface area contributed by atoms with E-state index in [9.17, 15) is 13.2 Å². The molecule has 0 amide bonds. The Kier molecular flexibility index (Phi) is 6.20. The molecular formula is C22H22F3N7O. The Labute approximate surface area is 188 Å². The molecule has 4 rings (SSSR count). The third kappa shape index (κ3) is 5.06. The number of ether oxygens (including phenoxy) is 1. The van der Waals surface area contributed by atoms with Gasteiger partial charge in [0.15, 0.2) is 0 Å². The van der Waals surface area contributed by atoms with Crippen molar-refractivity contribution in [1.82, 2.24) is 19.7 Å². The monoisotopic (exact) mass is 457 g/mol. The van der Waals surface area contributed by atoms with E-state index in [1.165, 1.54) is 19.5 Å². The zero-order chi connectivity index (χ0) is 23.6. The fraction of sp³-hybridized carbons (Fsp3) is 0.364. The molecule has 11 heteroatoms. The van der Waals surface area contributed by atoms with Crippen LogP contribution in [-0.2, 0) is 6.54 Å². The molecule has 3 heterocycles. The van der Waals surface area contributed by atoms with Crippen LogP contribution in [0.1, 0.15) is 18.4 Å². The second-order valence-electron chi connectivity index (χ2n) is 7.81. The fourth-order valence-electron chi connectivity index (χ4n) is 3.75. The number of benzene rings is 1. The summed E-state index contributed by atoms with van der Waals surface area (Å²) in [6, 6.07) is 8.97. The minimum Gasteiger partial charge on any atom is -0.480 e. The van der Waals surface area contributed by atoms with Gasteiger partial charge in [0.05, 0.1) is 36.2 Å². The Morgan fingerprint density at radius 1 is 1.15 bits per heavy atom. The smallest absolute Gasteiger partial charge is 0.408 e. The summed E-state index contributed by atoms with van der Waals surface area (Å²) in [5.41, 5.74) is 8.45. The average molecular weight is 457 g/mol. The van der Waals surface area contributed by atoms with Gasteiger partial charge in [0.2, 0.25) is 11.8 Å². The maximum atomic E-state index is 12.8. The molecule has 0 unspecified atom stereocenters. The fourth-order valence-corrected chi connectivity index (χ4v) is 3.75. The van der Waals surface area contributed by atoms with E-state index in [-0.39, 0.29) is 11.9 Å². The number of alkyl halides is 3. The Bertz CT molecular complexity index is 1160. The Balaban J connectivity index is 1.84. The molecule has 0 spiro atoms. The van der Waals surface area contributed by atoms with Crippen molar-refractivity contribution in [2.24, 2.45) is 5.73 Å². The molecule has 1 fully saturated rings. The van der Waals surface area contributed by atoms with Gasteiger partial charge in [-0.05, 0) is 25.0 Å². The molecule has 0 radical (unpaired) electrons. The molecule has 0 bridgehead atoms. The first-order chi connectivity index (χ1) is 15.8. The minimum atomic E-state index is -4.40. The molecule has 172 valence electrons. The van der Waals surface area contributed by atoms with E-state index in [4.69, 9.17) is 20.7 Å². The zero-order valence-corrected chi connectivity index (χ0v) is 17.9. The van der Waals surface area contributed by atoms with Crippen LogP contribution in [0, 0.1) is 11.3 Å². The molecule has 0 atom stereocenters. The average Bonchev–Trinajstić information content (AvgIpc) is 3.25. The van der Waals surface area contributed by atoms with E-state index in [1.807, 2.05) is 4.90 Å². The summed E-state index contributed by atoms with van der Waals surface area (Å²) >= 11 is 0. The van der Waals surface area contributed by atoms with Crippen molar-refractivity contribution in [1.29, 1.82) is 5.26 Å².